The average molecular weight is 386 g/mol. The average Bonchev–Trinajstić information content (AvgIpc) is 2.62. The third-order valence-corrected chi connectivity index (χ3v) is 3.90. The second-order valence-corrected chi connectivity index (χ2v) is 6.49. The molecule has 0 spiro atoms. The number of rotatable bonds is 9. The summed E-state index contributed by atoms with van der Waals surface area (Å²) in [5.74, 6) is 0.300. The van der Waals surface area contributed by atoms with Crippen molar-refractivity contribution >= 4 is 11.9 Å². The SMILES string of the molecule is CCCCCCNC(=NCc1cccc(C(F)(F)F)c1)NCC(=O)N(C)C. The standard InChI is InChI=1S/C19H29F3N4O/c1-4-5-6-7-11-23-18(25-14-17(27)26(2)3)24-13-15-9-8-10-16(12-15)19(20,21)22/h8-10,12H,4-7,11,13-14H2,1-3H3,(H2,23,24,25). The molecule has 0 saturated carbocycles. The highest BCUT2D eigenvalue weighted by molar-refractivity contribution is 5.86. The number of carbonyl (C=O) groups is 1. The summed E-state index contributed by atoms with van der Waals surface area (Å²) in [6, 6.07) is 5.10. The molecular weight excluding hydrogens is 357 g/mol. The van der Waals surface area contributed by atoms with Crippen molar-refractivity contribution in [2.24, 2.45) is 4.99 Å². The van der Waals surface area contributed by atoms with Gasteiger partial charge in [-0.2, -0.15) is 13.2 Å². The Morgan fingerprint density at radius 1 is 1.15 bits per heavy atom. The fraction of sp³-hybridized carbons (Fsp3) is 0.579. The first-order valence-corrected chi connectivity index (χ1v) is 9.12. The van der Waals surface area contributed by atoms with Crippen molar-refractivity contribution in [3.63, 3.8) is 0 Å². The number of guanidine groups is 1. The van der Waals surface area contributed by atoms with E-state index in [0.29, 0.717) is 18.1 Å². The molecule has 1 rings (SSSR count). The molecule has 2 N–H and O–H groups in total. The summed E-state index contributed by atoms with van der Waals surface area (Å²) >= 11 is 0. The van der Waals surface area contributed by atoms with Crippen LogP contribution in [0.1, 0.15) is 43.7 Å². The topological polar surface area (TPSA) is 56.7 Å². The van der Waals surface area contributed by atoms with E-state index in [1.165, 1.54) is 11.0 Å². The van der Waals surface area contributed by atoms with Gasteiger partial charge in [0.05, 0.1) is 18.7 Å². The number of likely N-dealkylation sites (N-methyl/N-ethyl adjacent to an activating group) is 1. The molecule has 27 heavy (non-hydrogen) atoms. The van der Waals surface area contributed by atoms with E-state index in [2.05, 4.69) is 22.5 Å². The number of nitrogens with one attached hydrogen (secondary N) is 2. The van der Waals surface area contributed by atoms with Crippen LogP contribution < -0.4 is 10.6 Å². The lowest BCUT2D eigenvalue weighted by atomic mass is 10.1. The van der Waals surface area contributed by atoms with Gasteiger partial charge in [0.25, 0.3) is 0 Å². The van der Waals surface area contributed by atoms with Gasteiger partial charge in [0.15, 0.2) is 5.96 Å². The molecule has 0 saturated heterocycles. The highest BCUT2D eigenvalue weighted by atomic mass is 19.4. The van der Waals surface area contributed by atoms with Gasteiger partial charge in [-0.25, -0.2) is 4.99 Å². The van der Waals surface area contributed by atoms with Crippen LogP contribution in [0, 0.1) is 0 Å². The molecule has 5 nitrogen and oxygen atoms in total. The number of amides is 1. The number of nitrogens with zero attached hydrogens (tertiary/aromatic N) is 2. The smallest absolute Gasteiger partial charge is 0.356 e. The van der Waals surface area contributed by atoms with Crippen molar-refractivity contribution in [3.8, 4) is 0 Å². The summed E-state index contributed by atoms with van der Waals surface area (Å²) in [6.07, 6.45) is -0.0613. The lowest BCUT2D eigenvalue weighted by molar-refractivity contribution is -0.137. The number of hydrogen-bond acceptors (Lipinski definition) is 2. The van der Waals surface area contributed by atoms with Gasteiger partial charge in [-0.05, 0) is 24.1 Å². The zero-order chi connectivity index (χ0) is 20.3. The Hall–Kier alpha value is -2.25. The number of carbonyl (C=O) groups excluding carboxylic acids is 1. The zero-order valence-electron chi connectivity index (χ0n) is 16.2. The van der Waals surface area contributed by atoms with Gasteiger partial charge in [-0.15, -0.1) is 0 Å². The van der Waals surface area contributed by atoms with E-state index in [4.69, 9.17) is 0 Å². The maximum absolute atomic E-state index is 12.8. The van der Waals surface area contributed by atoms with Crippen molar-refractivity contribution in [1.82, 2.24) is 15.5 Å². The molecule has 0 aliphatic carbocycles. The first-order chi connectivity index (χ1) is 12.7. The zero-order valence-corrected chi connectivity index (χ0v) is 16.2. The Morgan fingerprint density at radius 2 is 1.89 bits per heavy atom. The summed E-state index contributed by atoms with van der Waals surface area (Å²) in [5.41, 5.74) is -0.240. The molecule has 1 aromatic rings. The molecule has 0 bridgehead atoms. The minimum absolute atomic E-state index is 0.0659. The van der Waals surface area contributed by atoms with Crippen LogP contribution in [0.3, 0.4) is 0 Å². The number of halogens is 3. The molecule has 8 heteroatoms. The molecule has 0 aliphatic rings. The number of benzene rings is 1. The van der Waals surface area contributed by atoms with Crippen molar-refractivity contribution in [1.29, 1.82) is 0 Å². The number of alkyl halides is 3. The minimum atomic E-state index is -4.38. The van der Waals surface area contributed by atoms with Crippen LogP contribution in [0.5, 0.6) is 0 Å². The van der Waals surface area contributed by atoms with Gasteiger partial charge in [0.1, 0.15) is 0 Å². The summed E-state index contributed by atoms with van der Waals surface area (Å²) in [4.78, 5) is 17.5. The predicted molar refractivity (Wildman–Crippen MR) is 101 cm³/mol. The van der Waals surface area contributed by atoms with E-state index < -0.39 is 11.7 Å². The molecule has 1 aromatic carbocycles. The number of unbranched alkanes of at least 4 members (excludes halogenated alkanes) is 3. The van der Waals surface area contributed by atoms with Crippen LogP contribution in [0.15, 0.2) is 29.3 Å². The molecule has 0 radical (unpaired) electrons. The van der Waals surface area contributed by atoms with Crippen molar-refractivity contribution in [3.05, 3.63) is 35.4 Å². The summed E-state index contributed by atoms with van der Waals surface area (Å²) in [6.45, 7) is 2.97. The number of hydrogen-bond donors (Lipinski definition) is 2. The van der Waals surface area contributed by atoms with Gasteiger partial charge >= 0.3 is 6.18 Å². The first kappa shape index (κ1) is 22.8. The maximum atomic E-state index is 12.8. The van der Waals surface area contributed by atoms with E-state index in [9.17, 15) is 18.0 Å². The second-order valence-electron chi connectivity index (χ2n) is 6.49. The van der Waals surface area contributed by atoms with Gasteiger partial charge in [0, 0.05) is 20.6 Å². The van der Waals surface area contributed by atoms with Gasteiger partial charge in [0.2, 0.25) is 5.91 Å². The van der Waals surface area contributed by atoms with Crippen molar-refractivity contribution in [2.75, 3.05) is 27.2 Å². The molecule has 152 valence electrons. The molecule has 0 atom stereocenters. The molecule has 0 aliphatic heterocycles. The summed E-state index contributed by atoms with van der Waals surface area (Å²) in [7, 11) is 3.31. The van der Waals surface area contributed by atoms with Crippen LogP contribution >= 0.6 is 0 Å². The lowest BCUT2D eigenvalue weighted by Gasteiger charge is -2.15. The van der Waals surface area contributed by atoms with Gasteiger partial charge in [-0.3, -0.25) is 4.79 Å². The monoisotopic (exact) mass is 386 g/mol. The van der Waals surface area contributed by atoms with Crippen LogP contribution in [0.4, 0.5) is 13.2 Å². The van der Waals surface area contributed by atoms with Gasteiger partial charge in [-0.1, -0.05) is 38.3 Å². The normalized spacial score (nSPS) is 12.0. The van der Waals surface area contributed by atoms with E-state index in [-0.39, 0.29) is 19.0 Å². The summed E-state index contributed by atoms with van der Waals surface area (Å²) < 4.78 is 38.5. The lowest BCUT2D eigenvalue weighted by Crippen LogP contribution is -2.43. The quantitative estimate of drug-likeness (QED) is 0.389. The Morgan fingerprint density at radius 3 is 2.52 bits per heavy atom. The first-order valence-electron chi connectivity index (χ1n) is 9.12. The molecule has 0 heterocycles. The van der Waals surface area contributed by atoms with Gasteiger partial charge < -0.3 is 15.5 Å². The minimum Gasteiger partial charge on any atom is -0.356 e. The third kappa shape index (κ3) is 9.30. The molecular formula is C19H29F3N4O. The summed E-state index contributed by atoms with van der Waals surface area (Å²) in [5, 5.41) is 6.07. The Labute approximate surface area is 159 Å². The molecule has 0 fully saturated rings. The van der Waals surface area contributed by atoms with Crippen LogP contribution in [0.25, 0.3) is 0 Å². The highest BCUT2D eigenvalue weighted by Crippen LogP contribution is 2.29. The highest BCUT2D eigenvalue weighted by Gasteiger charge is 2.30. The Balaban J connectivity index is 2.73. The fourth-order valence-electron chi connectivity index (χ4n) is 2.27. The third-order valence-electron chi connectivity index (χ3n) is 3.90. The van der Waals surface area contributed by atoms with Crippen molar-refractivity contribution < 1.29 is 18.0 Å². The number of aliphatic imine (C=N–C) groups is 1. The van der Waals surface area contributed by atoms with E-state index in [0.717, 1.165) is 37.8 Å². The molecule has 0 aromatic heterocycles. The van der Waals surface area contributed by atoms with E-state index in [1.54, 1.807) is 20.2 Å². The predicted octanol–water partition coefficient (Wildman–Crippen LogP) is 3.41. The maximum Gasteiger partial charge on any atom is 0.416 e. The van der Waals surface area contributed by atoms with Crippen molar-refractivity contribution in [2.45, 2.75) is 45.3 Å². The Bertz CT molecular complexity index is 615. The van der Waals surface area contributed by atoms with E-state index >= 15 is 0 Å². The van der Waals surface area contributed by atoms with Crippen LogP contribution in [-0.2, 0) is 17.5 Å². The largest absolute Gasteiger partial charge is 0.416 e. The van der Waals surface area contributed by atoms with E-state index in [1.807, 2.05) is 0 Å². The molecule has 1 amide bonds. The van der Waals surface area contributed by atoms with Crippen LogP contribution in [-0.4, -0.2) is 44.0 Å². The van der Waals surface area contributed by atoms with Crippen LogP contribution in [0.2, 0.25) is 0 Å². The Kier molecular flexibility index (Phi) is 9.67. The fourth-order valence-corrected chi connectivity index (χ4v) is 2.27. The molecule has 0 unspecified atom stereocenters. The second kappa shape index (κ2) is 11.5.